The van der Waals surface area contributed by atoms with Crippen LogP contribution in [0.15, 0.2) is 182 Å². The lowest BCUT2D eigenvalue weighted by atomic mass is 9.99. The van der Waals surface area contributed by atoms with Crippen molar-refractivity contribution in [1.29, 1.82) is 0 Å². The average molecular weight is 691 g/mol. The molecule has 10 aromatic rings. The van der Waals surface area contributed by atoms with E-state index in [2.05, 4.69) is 103 Å². The Morgan fingerprint density at radius 1 is 0.296 bits per heavy atom. The summed E-state index contributed by atoms with van der Waals surface area (Å²) in [7, 11) is 0. The van der Waals surface area contributed by atoms with Gasteiger partial charge in [0.1, 0.15) is 0 Å². The maximum Gasteiger partial charge on any atom is 0.164 e. The minimum absolute atomic E-state index is 0.555. The quantitative estimate of drug-likeness (QED) is 0.162. The zero-order valence-corrected chi connectivity index (χ0v) is 29.0. The van der Waals surface area contributed by atoms with Gasteiger partial charge in [-0.05, 0) is 29.8 Å². The highest BCUT2D eigenvalue weighted by molar-refractivity contribution is 6.09. The van der Waals surface area contributed by atoms with E-state index in [1.54, 1.807) is 0 Å². The Balaban J connectivity index is 1.22. The highest BCUT2D eigenvalue weighted by Crippen LogP contribution is 2.37. The van der Waals surface area contributed by atoms with Crippen molar-refractivity contribution in [2.75, 3.05) is 0 Å². The Labute approximate surface area is 311 Å². The highest BCUT2D eigenvalue weighted by atomic mass is 15.0. The van der Waals surface area contributed by atoms with E-state index in [4.69, 9.17) is 29.9 Å². The molecule has 0 saturated carbocycles. The Bertz CT molecular complexity index is 2980. The summed E-state index contributed by atoms with van der Waals surface area (Å²) in [6, 6.07) is 59.7. The maximum atomic E-state index is 5.29. The fraction of sp³-hybridized carbons (Fsp3) is 0. The van der Waals surface area contributed by atoms with Gasteiger partial charge >= 0.3 is 0 Å². The lowest BCUT2D eigenvalue weighted by molar-refractivity contribution is 1.08. The van der Waals surface area contributed by atoms with Gasteiger partial charge in [-0.15, -0.1) is 0 Å². The minimum atomic E-state index is 0.555. The molecule has 0 amide bonds. The lowest BCUT2D eigenvalue weighted by Gasteiger charge is -2.14. The molecule has 0 aliphatic heterocycles. The van der Waals surface area contributed by atoms with Crippen LogP contribution in [0.5, 0.6) is 0 Å². The largest absolute Gasteiger partial charge is 0.256 e. The van der Waals surface area contributed by atoms with Crippen LogP contribution in [0.25, 0.3) is 101 Å². The second-order valence-corrected chi connectivity index (χ2v) is 13.2. The van der Waals surface area contributed by atoms with Gasteiger partial charge in [0.05, 0.1) is 27.9 Å². The molecule has 0 atom stereocenters. The van der Waals surface area contributed by atoms with Crippen molar-refractivity contribution in [1.82, 2.24) is 29.9 Å². The van der Waals surface area contributed by atoms with Gasteiger partial charge in [0.25, 0.3) is 0 Å². The topological polar surface area (TPSA) is 77.3 Å². The summed E-state index contributed by atoms with van der Waals surface area (Å²) in [4.78, 5) is 30.7. The molecule has 54 heavy (non-hydrogen) atoms. The van der Waals surface area contributed by atoms with Crippen molar-refractivity contribution in [3.63, 3.8) is 0 Å². The number of fused-ring (bicyclic) bond motifs is 4. The van der Waals surface area contributed by atoms with Gasteiger partial charge in [0.2, 0.25) is 0 Å². The van der Waals surface area contributed by atoms with E-state index < -0.39 is 0 Å². The molecule has 0 spiro atoms. The number of pyridine rings is 3. The third kappa shape index (κ3) is 5.72. The number of rotatable bonds is 6. The molecule has 0 saturated heterocycles. The molecule has 0 N–H and O–H groups in total. The number of benzene rings is 6. The van der Waals surface area contributed by atoms with Crippen LogP contribution in [0, 0.1) is 0 Å². The standard InChI is InChI=1S/C48H30N6/c1-4-13-31(14-5-1)41-27-25-34-24-26-39-40(30-42(32-15-6-2-7-16-32)51-45(39)44(34)50-41)48-53-46(35-17-8-3-9-18-35)52-47(54-48)37-21-10-20-36(29-37)38-23-11-19-33-22-12-28-49-43(33)38/h1-30H. The maximum absolute atomic E-state index is 5.29. The molecule has 0 fully saturated rings. The van der Waals surface area contributed by atoms with E-state index in [1.165, 1.54) is 0 Å². The molecule has 10 rings (SSSR count). The van der Waals surface area contributed by atoms with E-state index in [0.717, 1.165) is 83.0 Å². The molecule has 0 unspecified atom stereocenters. The molecule has 6 nitrogen and oxygen atoms in total. The molecule has 6 aromatic carbocycles. The van der Waals surface area contributed by atoms with Crippen molar-refractivity contribution in [2.45, 2.75) is 0 Å². The zero-order valence-electron chi connectivity index (χ0n) is 29.0. The SMILES string of the molecule is c1ccc(-c2ccc3ccc4c(-c5nc(-c6ccccc6)nc(-c6cccc(-c7cccc8cccnc78)c6)n5)cc(-c5ccccc5)nc4c3n2)cc1. The second-order valence-electron chi connectivity index (χ2n) is 13.2. The predicted molar refractivity (Wildman–Crippen MR) is 218 cm³/mol. The third-order valence-electron chi connectivity index (χ3n) is 9.75. The lowest BCUT2D eigenvalue weighted by Crippen LogP contribution is -2.02. The molecule has 0 bridgehead atoms. The van der Waals surface area contributed by atoms with Crippen LogP contribution in [0.2, 0.25) is 0 Å². The summed E-state index contributed by atoms with van der Waals surface area (Å²) in [5.74, 6) is 1.72. The first-order valence-corrected chi connectivity index (χ1v) is 17.9. The smallest absolute Gasteiger partial charge is 0.164 e. The van der Waals surface area contributed by atoms with Crippen molar-refractivity contribution >= 4 is 32.7 Å². The molecular formula is C48H30N6. The fourth-order valence-electron chi connectivity index (χ4n) is 7.09. The van der Waals surface area contributed by atoms with Crippen LogP contribution < -0.4 is 0 Å². The van der Waals surface area contributed by atoms with Gasteiger partial charge in [-0.2, -0.15) is 0 Å². The molecule has 4 heterocycles. The Kier molecular flexibility index (Phi) is 7.69. The Morgan fingerprint density at radius 3 is 1.65 bits per heavy atom. The molecule has 6 heteroatoms. The summed E-state index contributed by atoms with van der Waals surface area (Å²) in [6.45, 7) is 0. The van der Waals surface area contributed by atoms with E-state index in [0.29, 0.717) is 17.5 Å². The number of hydrogen-bond acceptors (Lipinski definition) is 6. The van der Waals surface area contributed by atoms with Gasteiger partial charge in [0, 0.05) is 55.7 Å². The van der Waals surface area contributed by atoms with Crippen molar-refractivity contribution in [2.24, 2.45) is 0 Å². The second kappa shape index (κ2) is 13.3. The number of aromatic nitrogens is 6. The number of para-hydroxylation sites is 1. The highest BCUT2D eigenvalue weighted by Gasteiger charge is 2.19. The molecule has 0 aliphatic carbocycles. The van der Waals surface area contributed by atoms with Crippen LogP contribution >= 0.6 is 0 Å². The first-order valence-electron chi connectivity index (χ1n) is 17.9. The average Bonchev–Trinajstić information content (AvgIpc) is 3.26. The number of nitrogens with zero attached hydrogens (tertiary/aromatic N) is 6. The van der Waals surface area contributed by atoms with Crippen molar-refractivity contribution < 1.29 is 0 Å². The first-order chi connectivity index (χ1) is 26.7. The molecule has 4 aromatic heterocycles. The van der Waals surface area contributed by atoms with Gasteiger partial charge < -0.3 is 0 Å². The van der Waals surface area contributed by atoms with E-state index in [1.807, 2.05) is 79.0 Å². The molecule has 252 valence electrons. The Hall–Kier alpha value is -7.44. The third-order valence-corrected chi connectivity index (χ3v) is 9.75. The predicted octanol–water partition coefficient (Wildman–Crippen LogP) is 11.5. The van der Waals surface area contributed by atoms with Gasteiger partial charge in [0.15, 0.2) is 17.5 Å². The molecule has 0 radical (unpaired) electrons. The fourth-order valence-corrected chi connectivity index (χ4v) is 7.09. The van der Waals surface area contributed by atoms with Gasteiger partial charge in [-0.25, -0.2) is 24.9 Å². The monoisotopic (exact) mass is 690 g/mol. The van der Waals surface area contributed by atoms with Crippen molar-refractivity contribution in [3.8, 4) is 67.8 Å². The van der Waals surface area contributed by atoms with E-state index in [-0.39, 0.29) is 0 Å². The van der Waals surface area contributed by atoms with Crippen LogP contribution in [0.1, 0.15) is 0 Å². The first kappa shape index (κ1) is 31.3. The summed E-state index contributed by atoms with van der Waals surface area (Å²) < 4.78 is 0. The van der Waals surface area contributed by atoms with E-state index >= 15 is 0 Å². The summed E-state index contributed by atoms with van der Waals surface area (Å²) in [5, 5.41) is 3.00. The zero-order chi connectivity index (χ0) is 35.8. The van der Waals surface area contributed by atoms with Crippen LogP contribution in [0.3, 0.4) is 0 Å². The summed E-state index contributed by atoms with van der Waals surface area (Å²) in [6.07, 6.45) is 1.84. The normalized spacial score (nSPS) is 11.3. The van der Waals surface area contributed by atoms with Crippen LogP contribution in [-0.2, 0) is 0 Å². The van der Waals surface area contributed by atoms with Crippen LogP contribution in [0.4, 0.5) is 0 Å². The summed E-state index contributed by atoms with van der Waals surface area (Å²) in [5.41, 5.74) is 11.0. The summed E-state index contributed by atoms with van der Waals surface area (Å²) >= 11 is 0. The molecule has 0 aliphatic rings. The Morgan fingerprint density at radius 2 is 0.870 bits per heavy atom. The minimum Gasteiger partial charge on any atom is -0.256 e. The molecular weight excluding hydrogens is 661 g/mol. The number of hydrogen-bond donors (Lipinski definition) is 0. The van der Waals surface area contributed by atoms with Crippen LogP contribution in [-0.4, -0.2) is 29.9 Å². The van der Waals surface area contributed by atoms with Gasteiger partial charge in [-0.1, -0.05) is 152 Å². The van der Waals surface area contributed by atoms with Crippen molar-refractivity contribution in [3.05, 3.63) is 182 Å². The van der Waals surface area contributed by atoms with Gasteiger partial charge in [-0.3, -0.25) is 4.98 Å². The van der Waals surface area contributed by atoms with E-state index in [9.17, 15) is 0 Å².